The maximum absolute atomic E-state index is 15.6. The second-order valence-electron chi connectivity index (χ2n) is 14.3. The van der Waals surface area contributed by atoms with E-state index < -0.39 is 23.8 Å². The van der Waals surface area contributed by atoms with E-state index in [0.717, 1.165) is 56.3 Å². The number of pyridine rings is 1. The molecule has 3 aromatic carbocycles. The molecule has 4 fully saturated rings. The van der Waals surface area contributed by atoms with Crippen molar-refractivity contribution < 1.29 is 43.2 Å². The number of halogens is 3. The number of methoxy groups -OCH3 is 1. The van der Waals surface area contributed by atoms with Crippen LogP contribution < -0.4 is 19.1 Å². The fourth-order valence-corrected chi connectivity index (χ4v) is 8.79. The lowest BCUT2D eigenvalue weighted by molar-refractivity contribution is -0.904. The number of nitrogens with zero attached hydrogens (tertiary/aromatic N) is 3. The van der Waals surface area contributed by atoms with E-state index in [1.807, 2.05) is 12.1 Å². The Balaban J connectivity index is 1.36. The first-order valence-corrected chi connectivity index (χ1v) is 19.1. The number of amides is 1. The maximum Gasteiger partial charge on any atom is 0.415 e. The minimum Gasteiger partial charge on any atom is -0.493 e. The summed E-state index contributed by atoms with van der Waals surface area (Å²) < 4.78 is 34.7. The summed E-state index contributed by atoms with van der Waals surface area (Å²) in [6, 6.07) is 16.3. The molecular formula is C41H43Cl2FN3O7+. The van der Waals surface area contributed by atoms with Crippen molar-refractivity contribution in [2.24, 2.45) is 5.92 Å². The van der Waals surface area contributed by atoms with Crippen LogP contribution >= 0.6 is 23.2 Å². The maximum atomic E-state index is 15.6. The zero-order valence-electron chi connectivity index (χ0n) is 29.9. The molecule has 8 rings (SSSR count). The Morgan fingerprint density at radius 3 is 2.35 bits per heavy atom. The summed E-state index contributed by atoms with van der Waals surface area (Å²) in [5.41, 5.74) is 1.92. The van der Waals surface area contributed by atoms with E-state index >= 15 is 4.39 Å². The molecule has 4 aromatic rings. The number of carboxylic acid groups (broad SMARTS) is 1. The first-order valence-electron chi connectivity index (χ1n) is 18.3. The zero-order valence-corrected chi connectivity index (χ0v) is 31.4. The average molecular weight is 780 g/mol. The van der Waals surface area contributed by atoms with Crippen molar-refractivity contribution >= 4 is 41.0 Å². The highest BCUT2D eigenvalue weighted by Gasteiger charge is 2.38. The van der Waals surface area contributed by atoms with E-state index in [0.29, 0.717) is 40.3 Å². The number of para-hydroxylation sites is 1. The van der Waals surface area contributed by atoms with E-state index in [4.69, 9.17) is 37.4 Å². The predicted octanol–water partition coefficient (Wildman–Crippen LogP) is 8.30. The number of fused-ring (bicyclic) bond motifs is 3. The molecule has 3 aliphatic heterocycles. The van der Waals surface area contributed by atoms with Crippen LogP contribution in [0.25, 0.3) is 0 Å². The molecule has 1 amide bonds. The third-order valence-corrected chi connectivity index (χ3v) is 11.6. The largest absolute Gasteiger partial charge is 0.493 e. The van der Waals surface area contributed by atoms with Gasteiger partial charge in [-0.05, 0) is 111 Å². The second-order valence-corrected chi connectivity index (χ2v) is 15.1. The van der Waals surface area contributed by atoms with Gasteiger partial charge in [-0.3, -0.25) is 15.0 Å². The van der Waals surface area contributed by atoms with Crippen molar-refractivity contribution in [2.75, 3.05) is 31.6 Å². The van der Waals surface area contributed by atoms with Gasteiger partial charge in [0.05, 0.1) is 31.0 Å². The van der Waals surface area contributed by atoms with Gasteiger partial charge in [0.1, 0.15) is 22.0 Å². The SMILES string of the molecule is COc1ccc([C@@H](Cc2c(Cl)c[n+](O)cc2Cl)c2c(CN(C(=O)O[C@H]3CN4CCC3CC4)c3ccccc3F)cccc2C(=O)O)cc1OC1CCCC1. The molecule has 0 radical (unpaired) electrons. The smallest absolute Gasteiger partial charge is 0.415 e. The first kappa shape index (κ1) is 37.7. The van der Waals surface area contributed by atoms with Gasteiger partial charge < -0.3 is 19.3 Å². The summed E-state index contributed by atoms with van der Waals surface area (Å²) in [5, 5.41) is 21.2. The van der Waals surface area contributed by atoms with Crippen LogP contribution in [0.2, 0.25) is 10.0 Å². The van der Waals surface area contributed by atoms with Gasteiger partial charge in [-0.2, -0.15) is 0 Å². The van der Waals surface area contributed by atoms with E-state index in [1.165, 1.54) is 35.5 Å². The Morgan fingerprint density at radius 2 is 1.70 bits per heavy atom. The number of rotatable bonds is 12. The topological polar surface area (TPSA) is 113 Å². The Hall–Kier alpha value is -4.58. The lowest BCUT2D eigenvalue weighted by Gasteiger charge is -2.44. The summed E-state index contributed by atoms with van der Waals surface area (Å²) in [6.07, 6.45) is 7.39. The van der Waals surface area contributed by atoms with E-state index in [1.54, 1.807) is 37.4 Å². The van der Waals surface area contributed by atoms with Crippen molar-refractivity contribution in [3.8, 4) is 11.5 Å². The minimum atomic E-state index is -1.20. The molecule has 0 unspecified atom stereocenters. The van der Waals surface area contributed by atoms with Crippen LogP contribution in [0.3, 0.4) is 0 Å². The highest BCUT2D eigenvalue weighted by atomic mass is 35.5. The highest BCUT2D eigenvalue weighted by Crippen LogP contribution is 2.42. The summed E-state index contributed by atoms with van der Waals surface area (Å²) >= 11 is 13.4. The number of carbonyl (C=O) groups excluding carboxylic acids is 1. The highest BCUT2D eigenvalue weighted by molar-refractivity contribution is 6.35. The molecule has 1 aliphatic carbocycles. The molecule has 4 aliphatic rings. The molecule has 3 saturated heterocycles. The molecule has 4 heterocycles. The first-order chi connectivity index (χ1) is 26.1. The molecule has 2 bridgehead atoms. The summed E-state index contributed by atoms with van der Waals surface area (Å²) in [5.74, 6) is -1.32. The van der Waals surface area contributed by atoms with Gasteiger partial charge in [-0.1, -0.05) is 53.5 Å². The Morgan fingerprint density at radius 1 is 0.981 bits per heavy atom. The van der Waals surface area contributed by atoms with E-state index in [9.17, 15) is 19.9 Å². The van der Waals surface area contributed by atoms with Crippen LogP contribution in [0.1, 0.15) is 77.1 Å². The summed E-state index contributed by atoms with van der Waals surface area (Å²) in [7, 11) is 1.56. The number of carboxylic acids is 1. The number of anilines is 1. The zero-order chi connectivity index (χ0) is 37.9. The monoisotopic (exact) mass is 778 g/mol. The van der Waals surface area contributed by atoms with Crippen LogP contribution in [-0.2, 0) is 17.7 Å². The van der Waals surface area contributed by atoms with Gasteiger partial charge >= 0.3 is 12.1 Å². The minimum absolute atomic E-state index is 0.00370. The summed E-state index contributed by atoms with van der Waals surface area (Å²) in [6.45, 7) is 2.31. The number of aromatic carboxylic acids is 1. The Labute approximate surface area is 323 Å². The number of carbonyl (C=O) groups is 2. The molecular weight excluding hydrogens is 736 g/mol. The number of aromatic nitrogens is 1. The molecule has 2 N–H and O–H groups in total. The number of hydrogen-bond acceptors (Lipinski definition) is 7. The Bertz CT molecular complexity index is 2000. The van der Waals surface area contributed by atoms with Crippen LogP contribution in [0.15, 0.2) is 73.1 Å². The van der Waals surface area contributed by atoms with Crippen LogP contribution in [0, 0.1) is 11.7 Å². The molecule has 10 nitrogen and oxygen atoms in total. The van der Waals surface area contributed by atoms with Gasteiger partial charge in [0.15, 0.2) is 11.5 Å². The van der Waals surface area contributed by atoms with Gasteiger partial charge in [0, 0.05) is 22.8 Å². The van der Waals surface area contributed by atoms with E-state index in [-0.39, 0.29) is 52.4 Å². The van der Waals surface area contributed by atoms with Crippen molar-refractivity contribution in [1.29, 1.82) is 0 Å². The van der Waals surface area contributed by atoms with Crippen LogP contribution in [-0.4, -0.2) is 66.2 Å². The number of piperidine rings is 3. The fraction of sp³-hybridized carbons (Fsp3) is 0.390. The molecule has 54 heavy (non-hydrogen) atoms. The molecule has 284 valence electrons. The van der Waals surface area contributed by atoms with Crippen molar-refractivity contribution in [2.45, 2.75) is 69.6 Å². The fourth-order valence-electron chi connectivity index (χ4n) is 8.19. The lowest BCUT2D eigenvalue weighted by atomic mass is 9.80. The van der Waals surface area contributed by atoms with Crippen LogP contribution in [0.5, 0.6) is 11.5 Å². The second kappa shape index (κ2) is 16.4. The van der Waals surface area contributed by atoms with Crippen molar-refractivity contribution in [1.82, 2.24) is 4.90 Å². The van der Waals surface area contributed by atoms with Crippen molar-refractivity contribution in [3.63, 3.8) is 0 Å². The quantitative estimate of drug-likeness (QED) is 0.109. The standard InChI is InChI=1S/C41H42Cl2FN3O7/c1-52-36-14-13-26(19-37(36)53-28-8-2-3-9-28)30(20-31-32(42)22-46(51)23-33(31)43)39-27(7-6-10-29(39)40(48)49)21-47(35-12-5-4-11-34(35)44)41(50)54-38-24-45-17-15-25(38)16-18-45/h4-7,10-14,19,22-23,25,28,30,38H,2-3,8-9,15-18,20-21,24H2,1H3,(H-,48,49,51)/p+1/t30-,38+/m1/s1. The van der Waals surface area contributed by atoms with Gasteiger partial charge in [-0.25, -0.2) is 14.0 Å². The third-order valence-electron chi connectivity index (χ3n) is 11.0. The molecule has 1 saturated carbocycles. The number of ether oxygens (including phenoxy) is 3. The molecule has 1 aromatic heterocycles. The number of benzene rings is 3. The van der Waals surface area contributed by atoms with Crippen molar-refractivity contribution in [3.05, 3.63) is 117 Å². The Kier molecular flexibility index (Phi) is 11.5. The molecule has 13 heteroatoms. The summed E-state index contributed by atoms with van der Waals surface area (Å²) in [4.78, 5) is 30.8. The van der Waals surface area contributed by atoms with E-state index in [2.05, 4.69) is 4.90 Å². The van der Waals surface area contributed by atoms with Crippen LogP contribution in [0.4, 0.5) is 14.9 Å². The van der Waals surface area contributed by atoms with Gasteiger partial charge in [-0.15, -0.1) is 0 Å². The normalized spacial score (nSPS) is 20.0. The molecule has 2 atom stereocenters. The average Bonchev–Trinajstić information content (AvgIpc) is 3.67. The lowest BCUT2D eigenvalue weighted by Crippen LogP contribution is -2.53. The van der Waals surface area contributed by atoms with Gasteiger partial charge in [0.2, 0.25) is 12.4 Å². The third kappa shape index (κ3) is 8.09. The molecule has 0 spiro atoms. The number of hydrogen-bond donors (Lipinski definition) is 2. The van der Waals surface area contributed by atoms with Gasteiger partial charge in [0.25, 0.3) is 0 Å². The predicted molar refractivity (Wildman–Crippen MR) is 201 cm³/mol.